The van der Waals surface area contributed by atoms with Gasteiger partial charge in [0.15, 0.2) is 6.04 Å². The van der Waals surface area contributed by atoms with Crippen LogP contribution in [0.1, 0.15) is 36.1 Å². The number of carboxylic acids is 1. The largest absolute Gasteiger partial charge is 0.497 e. The van der Waals surface area contributed by atoms with Gasteiger partial charge >= 0.3 is 5.97 Å². The van der Waals surface area contributed by atoms with Crippen LogP contribution in [-0.2, 0) is 29.6 Å². The highest BCUT2D eigenvalue weighted by Gasteiger charge is 2.44. The predicted octanol–water partition coefficient (Wildman–Crippen LogP) is 7.73. The van der Waals surface area contributed by atoms with Crippen molar-refractivity contribution in [1.82, 2.24) is 4.90 Å². The molecule has 298 valence electrons. The first-order valence-electron chi connectivity index (χ1n) is 17.3. The number of halogens is 3. The van der Waals surface area contributed by atoms with Crippen molar-refractivity contribution in [3.63, 3.8) is 0 Å². The molecule has 0 bridgehead atoms. The lowest BCUT2D eigenvalue weighted by Crippen LogP contribution is -2.44. The molecule has 1 saturated heterocycles. The molecule has 1 amide bonds. The van der Waals surface area contributed by atoms with Crippen LogP contribution in [0.3, 0.4) is 0 Å². The summed E-state index contributed by atoms with van der Waals surface area (Å²) in [6.45, 7) is -0.460. The molecule has 0 radical (unpaired) electrons. The van der Waals surface area contributed by atoms with Crippen LogP contribution >= 0.6 is 23.2 Å². The van der Waals surface area contributed by atoms with Gasteiger partial charge in [-0.2, -0.15) is 0 Å². The number of sulfonamides is 2. The Balaban J connectivity index is 1.54. The first-order valence-corrected chi connectivity index (χ1v) is 21.0. The molecule has 6 rings (SSSR count). The second kappa shape index (κ2) is 17.0. The molecule has 0 spiro atoms. The molecule has 12 nitrogen and oxygen atoms in total. The number of carboxylic acid groups (broad SMARTS) is 1. The quantitative estimate of drug-likeness (QED) is 0.118. The predicted molar refractivity (Wildman–Crippen MR) is 214 cm³/mol. The van der Waals surface area contributed by atoms with Crippen molar-refractivity contribution < 1.29 is 45.4 Å². The lowest BCUT2D eigenvalue weighted by molar-refractivity contribution is -0.138. The summed E-state index contributed by atoms with van der Waals surface area (Å²) in [6, 6.07) is 22.9. The smallest absolute Gasteiger partial charge is 0.332 e. The van der Waals surface area contributed by atoms with E-state index in [1.807, 2.05) is 0 Å². The number of nitrogens with zero attached hydrogens (tertiary/aromatic N) is 3. The number of hydrogen-bond donors (Lipinski definition) is 1. The van der Waals surface area contributed by atoms with Crippen LogP contribution in [0.25, 0.3) is 0 Å². The maximum Gasteiger partial charge on any atom is 0.332 e. The number of rotatable bonds is 14. The molecule has 0 aliphatic carbocycles. The first kappa shape index (κ1) is 41.3. The molecule has 57 heavy (non-hydrogen) atoms. The number of hydrogen-bond acceptors (Lipinski definition) is 8. The Morgan fingerprint density at radius 1 is 0.825 bits per heavy atom. The molecule has 5 aromatic carbocycles. The first-order chi connectivity index (χ1) is 27.2. The summed E-state index contributed by atoms with van der Waals surface area (Å²) in [4.78, 5) is 28.4. The summed E-state index contributed by atoms with van der Waals surface area (Å²) in [5.41, 5.74) is -0.0493. The zero-order valence-corrected chi connectivity index (χ0v) is 33.6. The normalized spacial score (nSPS) is 14.8. The molecule has 0 saturated carbocycles. The zero-order chi connectivity index (χ0) is 41.1. The number of methoxy groups -OCH3 is 2. The number of carbonyl (C=O) groups is 2. The topological polar surface area (TPSA) is 151 Å². The van der Waals surface area contributed by atoms with Crippen LogP contribution in [0.2, 0.25) is 10.0 Å². The van der Waals surface area contributed by atoms with E-state index in [1.165, 1.54) is 116 Å². The maximum atomic E-state index is 15.2. The fourth-order valence-electron chi connectivity index (χ4n) is 6.78. The minimum absolute atomic E-state index is 0.00415. The number of anilines is 2. The third-order valence-electron chi connectivity index (χ3n) is 9.46. The van der Waals surface area contributed by atoms with Gasteiger partial charge in [-0.25, -0.2) is 30.3 Å². The Morgan fingerprint density at radius 2 is 1.44 bits per heavy atom. The molecule has 1 aliphatic rings. The molecule has 2 atom stereocenters. The average Bonchev–Trinajstić information content (AvgIpc) is 3.70. The fourth-order valence-corrected chi connectivity index (χ4v) is 10.3. The Morgan fingerprint density at radius 3 is 2.04 bits per heavy atom. The van der Waals surface area contributed by atoms with Crippen molar-refractivity contribution in [1.29, 1.82) is 0 Å². The van der Waals surface area contributed by atoms with E-state index < -0.39 is 66.8 Å². The summed E-state index contributed by atoms with van der Waals surface area (Å²) in [7, 11) is -7.32. The van der Waals surface area contributed by atoms with Crippen molar-refractivity contribution in [3.05, 3.63) is 142 Å². The second-order valence-corrected chi connectivity index (χ2v) is 17.4. The molecule has 5 aromatic rings. The van der Waals surface area contributed by atoms with Crippen molar-refractivity contribution >= 4 is 66.5 Å². The van der Waals surface area contributed by atoms with E-state index >= 15 is 8.42 Å². The van der Waals surface area contributed by atoms with E-state index in [4.69, 9.17) is 32.7 Å². The molecule has 2 unspecified atom stereocenters. The van der Waals surface area contributed by atoms with Crippen LogP contribution in [0.15, 0.2) is 125 Å². The van der Waals surface area contributed by atoms with E-state index in [0.29, 0.717) is 29.3 Å². The maximum absolute atomic E-state index is 15.2. The summed E-state index contributed by atoms with van der Waals surface area (Å²) in [5.74, 6) is -2.92. The molecule has 17 heteroatoms. The van der Waals surface area contributed by atoms with Gasteiger partial charge in [0.1, 0.15) is 23.9 Å². The minimum atomic E-state index is -4.98. The summed E-state index contributed by atoms with van der Waals surface area (Å²) in [5, 5.41) is 11.5. The lowest BCUT2D eigenvalue weighted by atomic mass is 10.0. The van der Waals surface area contributed by atoms with Crippen molar-refractivity contribution in [2.45, 2.75) is 34.7 Å². The van der Waals surface area contributed by atoms with Gasteiger partial charge in [0, 0.05) is 28.2 Å². The van der Waals surface area contributed by atoms with Crippen LogP contribution < -0.4 is 18.1 Å². The van der Waals surface area contributed by atoms with Gasteiger partial charge in [-0.3, -0.25) is 9.10 Å². The standard InChI is InChI=1S/C40H36Cl2FN3O9S2/c1-54-32-6-3-7-33(24-32)56(50,51)46(31-21-15-28(42)16-22-31)39(40(48)49)38-35(55-2)9-4-10-36(38)57(52,53)45(30-19-13-27(41)14-20-30)25-37(47)44-23-5-8-34(44)26-11-17-29(43)18-12-26/h3-4,6-7,9-22,24,34,39H,5,8,23,25H2,1-2H3,(H,48,49). The summed E-state index contributed by atoms with van der Waals surface area (Å²) >= 11 is 12.3. The number of likely N-dealkylation sites (tertiary alicyclic amines) is 1. The van der Waals surface area contributed by atoms with Gasteiger partial charge in [-0.05, 0) is 103 Å². The SMILES string of the molecule is COc1cccc(S(=O)(=O)N(c2ccc(Cl)cc2)C(C(=O)O)c2c(OC)cccc2S(=O)(=O)N(CC(=O)N2CCCC2c2ccc(F)cc2)c2ccc(Cl)cc2)c1. The minimum Gasteiger partial charge on any atom is -0.497 e. The van der Waals surface area contributed by atoms with Gasteiger partial charge in [-0.15, -0.1) is 0 Å². The Kier molecular flexibility index (Phi) is 12.3. The van der Waals surface area contributed by atoms with E-state index in [1.54, 1.807) is 12.1 Å². The lowest BCUT2D eigenvalue weighted by Gasteiger charge is -2.34. The number of carbonyl (C=O) groups excluding carboxylic acids is 1. The third kappa shape index (κ3) is 8.52. The molecule has 1 fully saturated rings. The van der Waals surface area contributed by atoms with Crippen molar-refractivity contribution in [2.24, 2.45) is 0 Å². The molecule has 1 heterocycles. The highest BCUT2D eigenvalue weighted by atomic mass is 35.5. The molecule has 0 aromatic heterocycles. The van der Waals surface area contributed by atoms with Crippen LogP contribution in [0.5, 0.6) is 11.5 Å². The van der Waals surface area contributed by atoms with Crippen LogP contribution in [0, 0.1) is 5.82 Å². The molecule has 1 aliphatic heterocycles. The van der Waals surface area contributed by atoms with Gasteiger partial charge in [0.05, 0.1) is 41.4 Å². The third-order valence-corrected chi connectivity index (χ3v) is 13.6. The zero-order valence-electron chi connectivity index (χ0n) is 30.5. The van der Waals surface area contributed by atoms with Gasteiger partial charge in [0.2, 0.25) is 5.91 Å². The highest BCUT2D eigenvalue weighted by Crippen LogP contribution is 2.43. The van der Waals surface area contributed by atoms with Crippen LogP contribution in [0.4, 0.5) is 15.8 Å². The van der Waals surface area contributed by atoms with Crippen LogP contribution in [-0.4, -0.2) is 66.0 Å². The number of ether oxygens (including phenoxy) is 2. The van der Waals surface area contributed by atoms with Gasteiger partial charge in [0.25, 0.3) is 20.0 Å². The highest BCUT2D eigenvalue weighted by molar-refractivity contribution is 7.93. The molecule has 1 N–H and O–H groups in total. The van der Waals surface area contributed by atoms with Crippen molar-refractivity contribution in [3.8, 4) is 11.5 Å². The Bertz CT molecular complexity index is 2490. The van der Waals surface area contributed by atoms with E-state index in [0.717, 1.165) is 10.4 Å². The van der Waals surface area contributed by atoms with Gasteiger partial charge < -0.3 is 19.5 Å². The number of amides is 1. The van der Waals surface area contributed by atoms with Crippen molar-refractivity contribution in [2.75, 3.05) is 35.9 Å². The number of aliphatic carboxylic acids is 1. The molecular formula is C40H36Cl2FN3O9S2. The fraction of sp³-hybridized carbons (Fsp3) is 0.200. The monoisotopic (exact) mass is 855 g/mol. The average molecular weight is 857 g/mol. The Hall–Kier alpha value is -5.35. The van der Waals surface area contributed by atoms with E-state index in [-0.39, 0.29) is 37.8 Å². The Labute approximate surface area is 339 Å². The van der Waals surface area contributed by atoms with E-state index in [9.17, 15) is 27.5 Å². The number of benzene rings is 5. The van der Waals surface area contributed by atoms with E-state index in [2.05, 4.69) is 0 Å². The summed E-state index contributed by atoms with van der Waals surface area (Å²) in [6.07, 6.45) is 1.15. The second-order valence-electron chi connectivity index (χ2n) is 12.9. The molecular weight excluding hydrogens is 820 g/mol. The summed E-state index contributed by atoms with van der Waals surface area (Å²) < 4.78 is 85.8. The van der Waals surface area contributed by atoms with Gasteiger partial charge in [-0.1, -0.05) is 47.5 Å².